The van der Waals surface area contributed by atoms with Crippen molar-refractivity contribution < 1.29 is 14.3 Å². The van der Waals surface area contributed by atoms with Crippen LogP contribution in [0.4, 0.5) is 0 Å². The van der Waals surface area contributed by atoms with Gasteiger partial charge in [-0.1, -0.05) is 117 Å². The fourth-order valence-corrected chi connectivity index (χ4v) is 6.77. The molecule has 4 aromatic carbocycles. The number of carbonyl (C=O) groups excluding carboxylic acids is 1. The Bertz CT molecular complexity index is 1240. The number of hydrogen-bond donors (Lipinski definition) is 0. The Morgan fingerprint density at radius 2 is 0.886 bits per heavy atom. The van der Waals surface area contributed by atoms with Crippen molar-refractivity contribution in [2.75, 3.05) is 23.9 Å². The van der Waals surface area contributed by atoms with E-state index in [2.05, 4.69) is 92.5 Å². The van der Waals surface area contributed by atoms with E-state index in [0.717, 1.165) is 61.2 Å². The molecule has 3 nitrogen and oxygen atoms in total. The van der Waals surface area contributed by atoms with E-state index in [4.69, 9.17) is 9.47 Å². The predicted octanol–water partition coefficient (Wildman–Crippen LogP) is 10.5. The van der Waals surface area contributed by atoms with Gasteiger partial charge in [0.05, 0.1) is 25.0 Å². The number of carbonyl (C=O) groups is 1. The molecule has 2 atom stereocenters. The number of ether oxygens (including phenoxy) is 2. The standard InChI is InChI=1S/C39H44Br2O3/c40-29-37(33-19-23-35(24-20-33)43-27-11-3-9-17-31-13-5-1-6-14-31)39(42)38(30-41)34-21-25-36(26-22-34)44-28-12-4-10-18-32-15-7-2-8-16-32/h1-2,5-8,13-16,19-26,37-38H,3-4,9-12,17-18,27-30H2. The smallest absolute Gasteiger partial charge is 0.149 e. The van der Waals surface area contributed by atoms with Gasteiger partial charge in [0.2, 0.25) is 0 Å². The summed E-state index contributed by atoms with van der Waals surface area (Å²) in [7, 11) is 0. The van der Waals surface area contributed by atoms with E-state index in [1.807, 2.05) is 48.5 Å². The topological polar surface area (TPSA) is 35.5 Å². The zero-order valence-electron chi connectivity index (χ0n) is 25.5. The van der Waals surface area contributed by atoms with Crippen LogP contribution in [-0.4, -0.2) is 29.7 Å². The summed E-state index contributed by atoms with van der Waals surface area (Å²) >= 11 is 7.22. The molecule has 0 radical (unpaired) electrons. The van der Waals surface area contributed by atoms with Gasteiger partial charge in [-0.05, 0) is 97.9 Å². The summed E-state index contributed by atoms with van der Waals surface area (Å²) in [6, 6.07) is 37.3. The maximum atomic E-state index is 13.7. The van der Waals surface area contributed by atoms with Gasteiger partial charge in [-0.15, -0.1) is 0 Å². The third-order valence-corrected chi connectivity index (χ3v) is 9.30. The molecule has 4 rings (SSSR count). The average molecular weight is 721 g/mol. The molecule has 5 heteroatoms. The van der Waals surface area contributed by atoms with Crippen LogP contribution in [0.25, 0.3) is 0 Å². The van der Waals surface area contributed by atoms with Crippen molar-refractivity contribution in [1.29, 1.82) is 0 Å². The van der Waals surface area contributed by atoms with Crippen LogP contribution in [0.3, 0.4) is 0 Å². The Kier molecular flexibility index (Phi) is 15.1. The quantitative estimate of drug-likeness (QED) is 0.0674. The van der Waals surface area contributed by atoms with Crippen molar-refractivity contribution in [2.45, 2.75) is 63.2 Å². The normalized spacial score (nSPS) is 12.4. The second kappa shape index (κ2) is 19.5. The molecular formula is C39H44Br2O3. The maximum absolute atomic E-state index is 13.7. The molecule has 0 fully saturated rings. The van der Waals surface area contributed by atoms with Gasteiger partial charge in [-0.2, -0.15) is 0 Å². The minimum Gasteiger partial charge on any atom is -0.494 e. The molecule has 0 amide bonds. The highest BCUT2D eigenvalue weighted by Crippen LogP contribution is 2.31. The number of alkyl halides is 2. The van der Waals surface area contributed by atoms with Crippen LogP contribution in [0, 0.1) is 0 Å². The van der Waals surface area contributed by atoms with Gasteiger partial charge in [0.15, 0.2) is 0 Å². The fraction of sp³-hybridized carbons (Fsp3) is 0.359. The third kappa shape index (κ3) is 11.2. The van der Waals surface area contributed by atoms with E-state index in [1.54, 1.807) is 0 Å². The van der Waals surface area contributed by atoms with Crippen molar-refractivity contribution >= 4 is 37.6 Å². The largest absolute Gasteiger partial charge is 0.494 e. The van der Waals surface area contributed by atoms with Gasteiger partial charge in [-0.3, -0.25) is 4.79 Å². The number of rotatable bonds is 20. The van der Waals surface area contributed by atoms with Crippen molar-refractivity contribution in [1.82, 2.24) is 0 Å². The SMILES string of the molecule is O=C(C(CBr)c1ccc(OCCCCCc2ccccc2)cc1)C(CBr)c1ccc(OCCCCCc2ccccc2)cc1. The monoisotopic (exact) mass is 718 g/mol. The van der Waals surface area contributed by atoms with Gasteiger partial charge in [0.1, 0.15) is 17.3 Å². The molecule has 4 aromatic rings. The van der Waals surface area contributed by atoms with E-state index < -0.39 is 0 Å². The summed E-state index contributed by atoms with van der Waals surface area (Å²) in [5.74, 6) is 1.41. The van der Waals surface area contributed by atoms with Crippen molar-refractivity contribution in [2.24, 2.45) is 0 Å². The first-order valence-electron chi connectivity index (χ1n) is 15.9. The number of benzene rings is 4. The summed E-state index contributed by atoms with van der Waals surface area (Å²) < 4.78 is 12.0. The summed E-state index contributed by atoms with van der Waals surface area (Å²) in [6.45, 7) is 1.41. The molecule has 0 heterocycles. The molecule has 0 bridgehead atoms. The first kappa shape index (κ1) is 34.0. The Morgan fingerprint density at radius 1 is 0.500 bits per heavy atom. The summed E-state index contributed by atoms with van der Waals surface area (Å²) in [6.07, 6.45) is 8.91. The van der Waals surface area contributed by atoms with Gasteiger partial charge < -0.3 is 9.47 Å². The lowest BCUT2D eigenvalue weighted by atomic mass is 9.86. The predicted molar refractivity (Wildman–Crippen MR) is 190 cm³/mol. The lowest BCUT2D eigenvalue weighted by Crippen LogP contribution is -2.23. The van der Waals surface area contributed by atoms with Crippen LogP contribution >= 0.6 is 31.9 Å². The van der Waals surface area contributed by atoms with E-state index in [1.165, 1.54) is 24.0 Å². The van der Waals surface area contributed by atoms with Crippen molar-refractivity contribution in [3.8, 4) is 11.5 Å². The van der Waals surface area contributed by atoms with Gasteiger partial charge in [0, 0.05) is 10.7 Å². The Balaban J connectivity index is 1.19. The van der Waals surface area contributed by atoms with E-state index >= 15 is 0 Å². The first-order valence-corrected chi connectivity index (χ1v) is 18.1. The number of unbranched alkanes of at least 4 members (excludes halogenated alkanes) is 4. The number of hydrogen-bond acceptors (Lipinski definition) is 3. The van der Waals surface area contributed by atoms with Crippen molar-refractivity contribution in [3.05, 3.63) is 131 Å². The lowest BCUT2D eigenvalue weighted by Gasteiger charge is -2.21. The van der Waals surface area contributed by atoms with Crippen LogP contribution < -0.4 is 9.47 Å². The van der Waals surface area contributed by atoms with Crippen LogP contribution in [0.2, 0.25) is 0 Å². The Morgan fingerprint density at radius 3 is 1.25 bits per heavy atom. The minimum atomic E-state index is -0.239. The molecule has 0 spiro atoms. The van der Waals surface area contributed by atoms with E-state index in [-0.39, 0.29) is 17.6 Å². The highest BCUT2D eigenvalue weighted by atomic mass is 79.9. The van der Waals surface area contributed by atoms with Crippen LogP contribution in [-0.2, 0) is 17.6 Å². The molecule has 2 unspecified atom stereocenters. The highest BCUT2D eigenvalue weighted by molar-refractivity contribution is 9.09. The molecule has 44 heavy (non-hydrogen) atoms. The number of Topliss-reactive ketones (excluding diaryl/α,β-unsaturated/α-hetero) is 1. The molecule has 0 saturated carbocycles. The lowest BCUT2D eigenvalue weighted by molar-refractivity contribution is -0.121. The average Bonchev–Trinajstić information content (AvgIpc) is 3.07. The number of aryl methyl sites for hydroxylation is 2. The Hall–Kier alpha value is -2.89. The molecule has 0 N–H and O–H groups in total. The molecule has 0 saturated heterocycles. The van der Waals surface area contributed by atoms with Gasteiger partial charge in [-0.25, -0.2) is 0 Å². The number of halogens is 2. The van der Waals surface area contributed by atoms with Crippen LogP contribution in [0.1, 0.15) is 72.6 Å². The Labute approximate surface area is 280 Å². The third-order valence-electron chi connectivity index (χ3n) is 8.00. The molecule has 0 aliphatic rings. The molecular weight excluding hydrogens is 676 g/mol. The van der Waals surface area contributed by atoms with Gasteiger partial charge >= 0.3 is 0 Å². The molecule has 0 aliphatic carbocycles. The van der Waals surface area contributed by atoms with Crippen LogP contribution in [0.5, 0.6) is 11.5 Å². The van der Waals surface area contributed by atoms with Gasteiger partial charge in [0.25, 0.3) is 0 Å². The maximum Gasteiger partial charge on any atom is 0.149 e. The summed E-state index contributed by atoms with van der Waals surface area (Å²) in [5, 5.41) is 1.14. The second-order valence-electron chi connectivity index (χ2n) is 11.2. The molecule has 0 aliphatic heterocycles. The first-order chi connectivity index (χ1) is 21.7. The fourth-order valence-electron chi connectivity index (χ4n) is 5.38. The van der Waals surface area contributed by atoms with E-state index in [0.29, 0.717) is 23.9 Å². The number of ketones is 1. The molecule has 0 aromatic heterocycles. The molecule has 232 valence electrons. The summed E-state index contributed by atoms with van der Waals surface area (Å²) in [5.41, 5.74) is 4.79. The second-order valence-corrected chi connectivity index (χ2v) is 12.5. The highest BCUT2D eigenvalue weighted by Gasteiger charge is 2.28. The van der Waals surface area contributed by atoms with E-state index in [9.17, 15) is 4.79 Å². The minimum absolute atomic E-state index is 0.193. The zero-order chi connectivity index (χ0) is 30.8. The van der Waals surface area contributed by atoms with Crippen LogP contribution in [0.15, 0.2) is 109 Å². The summed E-state index contributed by atoms with van der Waals surface area (Å²) in [4.78, 5) is 13.7. The van der Waals surface area contributed by atoms with Crippen molar-refractivity contribution in [3.63, 3.8) is 0 Å². The zero-order valence-corrected chi connectivity index (χ0v) is 28.7.